The van der Waals surface area contributed by atoms with Crippen LogP contribution < -0.4 is 10.6 Å². The maximum atomic E-state index is 13.6. The Morgan fingerprint density at radius 3 is 2.48 bits per heavy atom. The van der Waals surface area contributed by atoms with Crippen molar-refractivity contribution in [1.82, 2.24) is 20.6 Å². The maximum Gasteiger partial charge on any atom is 0.552 e. The highest BCUT2D eigenvalue weighted by atomic mass is 16.7. The van der Waals surface area contributed by atoms with E-state index < -0.39 is 67.3 Å². The van der Waals surface area contributed by atoms with Crippen LogP contribution in [0.25, 0.3) is 0 Å². The number of nitrogens with zero attached hydrogens (tertiary/aromatic N) is 2. The van der Waals surface area contributed by atoms with Crippen LogP contribution in [0.4, 0.5) is 0 Å². The molecule has 0 spiro atoms. The van der Waals surface area contributed by atoms with Gasteiger partial charge in [-0.2, -0.15) is 0 Å². The van der Waals surface area contributed by atoms with Crippen LogP contribution >= 0.6 is 0 Å². The Hall–Kier alpha value is -4.33. The molecule has 13 nitrogen and oxygen atoms in total. The minimum Gasteiger partial charge on any atom is -0.508 e. The molecule has 2 heterocycles. The summed E-state index contributed by atoms with van der Waals surface area (Å²) in [6.07, 6.45) is 2.88. The Balaban J connectivity index is 1.88. The Morgan fingerprint density at radius 1 is 1.15 bits per heavy atom. The number of carboxylic acids is 1. The molecule has 1 aliphatic rings. The largest absolute Gasteiger partial charge is 0.552 e. The fourth-order valence-corrected chi connectivity index (χ4v) is 4.20. The molecule has 14 heteroatoms. The molecule has 3 atom stereocenters. The van der Waals surface area contributed by atoms with Gasteiger partial charge in [0.1, 0.15) is 11.7 Å². The molecule has 1 aromatic heterocycles. The van der Waals surface area contributed by atoms with Gasteiger partial charge in [0, 0.05) is 18.8 Å². The van der Waals surface area contributed by atoms with Crippen LogP contribution in [0.1, 0.15) is 49.2 Å². The third-order valence-electron chi connectivity index (χ3n) is 6.15. The van der Waals surface area contributed by atoms with E-state index >= 15 is 0 Å². The molecule has 0 bridgehead atoms. The van der Waals surface area contributed by atoms with Gasteiger partial charge in [-0.15, -0.1) is 0 Å². The van der Waals surface area contributed by atoms with E-state index in [1.807, 2.05) is 19.9 Å². The highest BCUT2D eigenvalue weighted by Crippen LogP contribution is 2.30. The lowest BCUT2D eigenvalue weighted by atomic mass is 9.70. The zero-order chi connectivity index (χ0) is 29.3. The first kappa shape index (κ1) is 30.2. The van der Waals surface area contributed by atoms with Crippen molar-refractivity contribution in [2.24, 2.45) is 5.92 Å². The zero-order valence-electron chi connectivity index (χ0n) is 22.4. The monoisotopic (exact) mass is 554 g/mol. The molecule has 1 fully saturated rings. The number of hydrogen-bond donors (Lipinski definition) is 3. The lowest BCUT2D eigenvalue weighted by molar-refractivity contribution is -0.175. The quantitative estimate of drug-likeness (QED) is 0.248. The average molecular weight is 554 g/mol. The van der Waals surface area contributed by atoms with Crippen LogP contribution in [0.3, 0.4) is 0 Å². The summed E-state index contributed by atoms with van der Waals surface area (Å²) in [6.45, 7) is 3.69. The number of carbonyl (C=O) groups is 5. The lowest BCUT2D eigenvalue weighted by Crippen LogP contribution is -2.63. The minimum atomic E-state index is -2.24. The standard InChI is InChI=1S/C26H31BN4O9/c1-16(2)11-20(27-39-22(33)14-26(40-27,25(36)37)13-21(32)38-3)31-23(34)18(12-17-7-5-4-6-8-17)30-24(35)19-15-28-9-10-29-19/h4-10,15-16,18,20H,11-14H2,1-3H3,(H,30,35)(H,31,34)(H,36,37)/t18-,20-,26?/m0/s1. The molecule has 40 heavy (non-hydrogen) atoms. The van der Waals surface area contributed by atoms with Gasteiger partial charge in [0.25, 0.3) is 11.9 Å². The number of benzene rings is 1. The second-order valence-electron chi connectivity index (χ2n) is 9.76. The summed E-state index contributed by atoms with van der Waals surface area (Å²) < 4.78 is 15.6. The van der Waals surface area contributed by atoms with Crippen molar-refractivity contribution in [3.63, 3.8) is 0 Å². The molecular formula is C26H31BN4O9. The van der Waals surface area contributed by atoms with Gasteiger partial charge in [-0.1, -0.05) is 44.2 Å². The highest BCUT2D eigenvalue weighted by molar-refractivity contribution is 6.50. The predicted octanol–water partition coefficient (Wildman–Crippen LogP) is 0.726. The molecule has 2 aromatic rings. The third-order valence-corrected chi connectivity index (χ3v) is 6.15. The summed E-state index contributed by atoms with van der Waals surface area (Å²) in [7, 11) is -0.443. The summed E-state index contributed by atoms with van der Waals surface area (Å²) >= 11 is 0. The molecule has 2 amide bonds. The van der Waals surface area contributed by atoms with Gasteiger partial charge in [0.05, 0.1) is 32.1 Å². The molecule has 0 aliphatic carbocycles. The van der Waals surface area contributed by atoms with Crippen molar-refractivity contribution in [1.29, 1.82) is 0 Å². The van der Waals surface area contributed by atoms with Gasteiger partial charge in [0.15, 0.2) is 5.60 Å². The van der Waals surface area contributed by atoms with Gasteiger partial charge >= 0.3 is 19.1 Å². The Labute approximate surface area is 231 Å². The molecule has 212 valence electrons. The van der Waals surface area contributed by atoms with Crippen LogP contribution in [0.2, 0.25) is 0 Å². The zero-order valence-corrected chi connectivity index (χ0v) is 22.4. The van der Waals surface area contributed by atoms with Crippen molar-refractivity contribution in [3.05, 3.63) is 60.2 Å². The van der Waals surface area contributed by atoms with Crippen molar-refractivity contribution in [2.75, 3.05) is 7.11 Å². The molecular weight excluding hydrogens is 523 g/mol. The molecule has 0 radical (unpaired) electrons. The number of methoxy groups -OCH3 is 1. The maximum absolute atomic E-state index is 13.6. The predicted molar refractivity (Wildman–Crippen MR) is 139 cm³/mol. The summed E-state index contributed by atoms with van der Waals surface area (Å²) in [5.74, 6) is -5.70. The van der Waals surface area contributed by atoms with Gasteiger partial charge in [-0.25, -0.2) is 9.78 Å². The number of hydrogen-bond acceptors (Lipinski definition) is 10. The van der Waals surface area contributed by atoms with Crippen molar-refractivity contribution < 1.29 is 43.1 Å². The summed E-state index contributed by atoms with van der Waals surface area (Å²) in [6, 6.07) is 7.88. The first-order valence-electron chi connectivity index (χ1n) is 12.6. The van der Waals surface area contributed by atoms with E-state index in [1.165, 1.54) is 18.6 Å². The molecule has 0 saturated carbocycles. The van der Waals surface area contributed by atoms with Crippen LogP contribution in [0, 0.1) is 5.92 Å². The van der Waals surface area contributed by atoms with E-state index in [1.54, 1.807) is 24.3 Å². The van der Waals surface area contributed by atoms with E-state index in [2.05, 4.69) is 25.3 Å². The van der Waals surface area contributed by atoms with Crippen molar-refractivity contribution in [2.45, 2.75) is 57.1 Å². The smallest absolute Gasteiger partial charge is 0.508 e. The van der Waals surface area contributed by atoms with E-state index in [9.17, 15) is 29.1 Å². The summed E-state index contributed by atoms with van der Waals surface area (Å²) in [4.78, 5) is 71.0. The Kier molecular flexibility index (Phi) is 10.3. The number of aromatic nitrogens is 2. The number of carboxylic acid groups (broad SMARTS) is 1. The van der Waals surface area contributed by atoms with E-state index in [-0.39, 0.29) is 24.5 Å². The Bertz CT molecular complexity index is 1220. The molecule has 1 aromatic carbocycles. The molecule has 1 saturated heterocycles. The molecule has 1 aliphatic heterocycles. The summed E-state index contributed by atoms with van der Waals surface area (Å²) in [5, 5.41) is 15.3. The van der Waals surface area contributed by atoms with Crippen molar-refractivity contribution >= 4 is 36.8 Å². The van der Waals surface area contributed by atoms with Crippen molar-refractivity contribution in [3.8, 4) is 0 Å². The van der Waals surface area contributed by atoms with Gasteiger partial charge < -0.3 is 29.8 Å². The number of rotatable bonds is 12. The fraction of sp³-hybridized carbons (Fsp3) is 0.423. The molecule has 3 rings (SSSR count). The first-order valence-corrected chi connectivity index (χ1v) is 12.6. The Morgan fingerprint density at radius 2 is 1.88 bits per heavy atom. The number of amides is 2. The minimum absolute atomic E-state index is 0.00527. The number of carbonyl (C=O) groups excluding carboxylic acids is 4. The average Bonchev–Trinajstić information content (AvgIpc) is 2.92. The highest BCUT2D eigenvalue weighted by Gasteiger charge is 2.55. The normalized spacial score (nSPS) is 18.3. The number of esters is 1. The topological polar surface area (TPSA) is 183 Å². The van der Waals surface area contributed by atoms with Gasteiger partial charge in [-0.05, 0) is 17.9 Å². The van der Waals surface area contributed by atoms with Gasteiger partial charge in [-0.3, -0.25) is 24.2 Å². The molecule has 1 unspecified atom stereocenters. The number of ether oxygens (including phenoxy) is 1. The van der Waals surface area contributed by atoms with E-state index in [0.717, 1.165) is 12.7 Å². The lowest BCUT2D eigenvalue weighted by Gasteiger charge is -2.38. The second-order valence-corrected chi connectivity index (χ2v) is 9.76. The van der Waals surface area contributed by atoms with E-state index in [4.69, 9.17) is 9.31 Å². The second kappa shape index (κ2) is 13.6. The van der Waals surface area contributed by atoms with Gasteiger partial charge in [0.2, 0.25) is 5.91 Å². The van der Waals surface area contributed by atoms with Crippen LogP contribution in [-0.4, -0.2) is 76.6 Å². The molecule has 3 N–H and O–H groups in total. The van der Waals surface area contributed by atoms with Crippen LogP contribution in [0.5, 0.6) is 0 Å². The number of aliphatic carboxylic acids is 1. The summed E-state index contributed by atoms with van der Waals surface area (Å²) in [5.41, 5.74) is -1.48. The fourth-order valence-electron chi connectivity index (χ4n) is 4.20. The van der Waals surface area contributed by atoms with E-state index in [0.29, 0.717) is 0 Å². The van der Waals surface area contributed by atoms with Crippen LogP contribution in [0.15, 0.2) is 48.9 Å². The SMILES string of the molecule is COC(=O)CC1(C(=O)O)CC(=O)OB([C@H](CC(C)C)NC(=O)[C@H](Cc2ccccc2)NC(=O)c2cnccn2)O1. The third kappa shape index (κ3) is 8.09. The first-order chi connectivity index (χ1) is 19.0. The number of nitrogens with one attached hydrogen (secondary N) is 2. The van der Waals surface area contributed by atoms with Crippen LogP contribution in [-0.2, 0) is 39.6 Å².